The van der Waals surface area contributed by atoms with Gasteiger partial charge in [-0.25, -0.2) is 0 Å². The van der Waals surface area contributed by atoms with Gasteiger partial charge in [-0.15, -0.1) is 0 Å². The number of aromatic nitrogens is 2. The summed E-state index contributed by atoms with van der Waals surface area (Å²) in [7, 11) is 0. The lowest BCUT2D eigenvalue weighted by Crippen LogP contribution is -2.33. The third-order valence-electron chi connectivity index (χ3n) is 8.17. The number of likely N-dealkylation sites (N-methyl/N-ethyl adjacent to an activating group) is 1. The Hall–Kier alpha value is -3.42. The molecule has 198 valence electrons. The number of rotatable bonds is 9. The maximum absolute atomic E-state index is 12.8. The van der Waals surface area contributed by atoms with Crippen molar-refractivity contribution in [3.8, 4) is 17.0 Å². The molecular weight excluding hydrogens is 474 g/mol. The maximum atomic E-state index is 12.8. The number of likely N-dealkylation sites (tertiary alicyclic amines) is 2. The molecule has 4 aromatic rings. The molecule has 1 atom stereocenters. The predicted molar refractivity (Wildman–Crippen MR) is 153 cm³/mol. The van der Waals surface area contributed by atoms with Crippen molar-refractivity contribution >= 4 is 27.6 Å². The van der Waals surface area contributed by atoms with E-state index in [4.69, 9.17) is 4.74 Å². The zero-order chi connectivity index (χ0) is 25.9. The Morgan fingerprint density at radius 3 is 2.74 bits per heavy atom. The highest BCUT2D eigenvalue weighted by molar-refractivity contribution is 6.02. The molecule has 0 spiro atoms. The monoisotopic (exact) mass is 511 g/mol. The van der Waals surface area contributed by atoms with E-state index < -0.39 is 0 Å². The lowest BCUT2D eigenvalue weighted by molar-refractivity contribution is 0.0950. The fourth-order valence-corrected chi connectivity index (χ4v) is 5.96. The maximum Gasteiger partial charge on any atom is 0.251 e. The van der Waals surface area contributed by atoms with E-state index in [-0.39, 0.29) is 5.91 Å². The van der Waals surface area contributed by atoms with Crippen LogP contribution in [0.4, 0.5) is 0 Å². The molecule has 7 heteroatoms. The molecule has 2 aliphatic rings. The van der Waals surface area contributed by atoms with Gasteiger partial charge in [0, 0.05) is 35.6 Å². The van der Waals surface area contributed by atoms with Gasteiger partial charge in [0.25, 0.3) is 5.91 Å². The van der Waals surface area contributed by atoms with Crippen molar-refractivity contribution in [3.63, 3.8) is 0 Å². The zero-order valence-corrected chi connectivity index (χ0v) is 22.2. The number of amides is 1. The van der Waals surface area contributed by atoms with Gasteiger partial charge < -0.3 is 15.0 Å². The second-order valence-corrected chi connectivity index (χ2v) is 10.6. The fourth-order valence-electron chi connectivity index (χ4n) is 5.96. The topological polar surface area (TPSA) is 73.5 Å². The summed E-state index contributed by atoms with van der Waals surface area (Å²) in [5.74, 6) is 0.878. The SMILES string of the molecule is CCN1CCC[C@H]1COc1ccc2cc(-c3n[nH]c4ccc(C(=O)NCCN5CCCC5)cc34)ccc2c1. The standard InChI is InChI=1S/C31H37N5O2/c1-2-36-16-5-6-26(36)21-38-27-11-9-22-18-24(8-7-23(22)19-27)30-28-20-25(10-12-29(28)33-34-30)31(37)32-13-17-35-14-3-4-15-35/h7-12,18-20,26H,2-6,13-17,21H2,1H3,(H,32,37)(H,33,34)/t26-/m0/s1. The van der Waals surface area contributed by atoms with Crippen LogP contribution >= 0.6 is 0 Å². The van der Waals surface area contributed by atoms with Crippen molar-refractivity contribution in [2.75, 3.05) is 45.9 Å². The minimum absolute atomic E-state index is 0.0380. The number of fused-ring (bicyclic) bond motifs is 2. The van der Waals surface area contributed by atoms with Crippen LogP contribution in [-0.2, 0) is 0 Å². The minimum atomic E-state index is -0.0380. The number of hydrogen-bond acceptors (Lipinski definition) is 5. The summed E-state index contributed by atoms with van der Waals surface area (Å²) in [5, 5.41) is 14.0. The van der Waals surface area contributed by atoms with Gasteiger partial charge in [0.15, 0.2) is 0 Å². The molecule has 6 rings (SSSR count). The Kier molecular flexibility index (Phi) is 7.29. The van der Waals surface area contributed by atoms with Crippen LogP contribution in [-0.4, -0.2) is 77.8 Å². The molecule has 0 radical (unpaired) electrons. The normalized spacial score (nSPS) is 18.5. The molecule has 1 aromatic heterocycles. The first kappa shape index (κ1) is 24.9. The van der Waals surface area contributed by atoms with Crippen molar-refractivity contribution in [3.05, 3.63) is 60.2 Å². The molecule has 3 aromatic carbocycles. The largest absolute Gasteiger partial charge is 0.492 e. The second kappa shape index (κ2) is 11.1. The van der Waals surface area contributed by atoms with Gasteiger partial charge in [-0.3, -0.25) is 14.8 Å². The summed E-state index contributed by atoms with van der Waals surface area (Å²) in [6, 6.07) is 19.0. The van der Waals surface area contributed by atoms with Gasteiger partial charge in [-0.1, -0.05) is 25.1 Å². The average Bonchev–Trinajstić information content (AvgIpc) is 3.72. The van der Waals surface area contributed by atoms with Crippen LogP contribution in [0.2, 0.25) is 0 Å². The lowest BCUT2D eigenvalue weighted by Gasteiger charge is -2.22. The molecule has 0 aliphatic carbocycles. The number of hydrogen-bond donors (Lipinski definition) is 2. The van der Waals surface area contributed by atoms with Gasteiger partial charge in [0.05, 0.1) is 11.2 Å². The van der Waals surface area contributed by atoms with E-state index in [1.165, 1.54) is 32.2 Å². The van der Waals surface area contributed by atoms with Gasteiger partial charge in [0.2, 0.25) is 0 Å². The quantitative estimate of drug-likeness (QED) is 0.328. The van der Waals surface area contributed by atoms with Crippen LogP contribution in [0.3, 0.4) is 0 Å². The highest BCUT2D eigenvalue weighted by atomic mass is 16.5. The van der Waals surface area contributed by atoms with Crippen LogP contribution in [0.25, 0.3) is 32.9 Å². The Labute approximate surface area is 224 Å². The number of ether oxygens (including phenoxy) is 1. The number of H-pyrrole nitrogens is 1. The summed E-state index contributed by atoms with van der Waals surface area (Å²) in [5.41, 5.74) is 3.46. The van der Waals surface area contributed by atoms with Crippen molar-refractivity contribution in [2.45, 2.75) is 38.6 Å². The van der Waals surface area contributed by atoms with Crippen molar-refractivity contribution in [1.29, 1.82) is 0 Å². The van der Waals surface area contributed by atoms with Crippen molar-refractivity contribution in [1.82, 2.24) is 25.3 Å². The zero-order valence-electron chi connectivity index (χ0n) is 22.2. The molecule has 0 unspecified atom stereocenters. The van der Waals surface area contributed by atoms with Crippen LogP contribution in [0.5, 0.6) is 5.75 Å². The molecular formula is C31H37N5O2. The van der Waals surface area contributed by atoms with E-state index in [0.29, 0.717) is 18.2 Å². The smallest absolute Gasteiger partial charge is 0.251 e. The highest BCUT2D eigenvalue weighted by Crippen LogP contribution is 2.31. The Balaban J connectivity index is 1.16. The molecule has 0 saturated carbocycles. The first-order chi connectivity index (χ1) is 18.7. The number of aromatic amines is 1. The number of carbonyl (C=O) groups is 1. The summed E-state index contributed by atoms with van der Waals surface area (Å²) in [6.07, 6.45) is 4.99. The van der Waals surface area contributed by atoms with Crippen molar-refractivity contribution in [2.24, 2.45) is 0 Å². The number of carbonyl (C=O) groups excluding carboxylic acids is 1. The summed E-state index contributed by atoms with van der Waals surface area (Å²) >= 11 is 0. The Bertz CT molecular complexity index is 1420. The first-order valence-corrected chi connectivity index (χ1v) is 14.1. The predicted octanol–water partition coefficient (Wildman–Crippen LogP) is 5.07. The molecule has 1 amide bonds. The van der Waals surface area contributed by atoms with E-state index in [1.807, 2.05) is 18.2 Å². The molecule has 7 nitrogen and oxygen atoms in total. The molecule has 2 saturated heterocycles. The summed E-state index contributed by atoms with van der Waals surface area (Å²) in [6.45, 7) is 9.08. The van der Waals surface area contributed by atoms with Crippen LogP contribution in [0, 0.1) is 0 Å². The number of nitrogens with one attached hydrogen (secondary N) is 2. The second-order valence-electron chi connectivity index (χ2n) is 10.6. The summed E-state index contributed by atoms with van der Waals surface area (Å²) < 4.78 is 6.18. The lowest BCUT2D eigenvalue weighted by atomic mass is 10.0. The highest BCUT2D eigenvalue weighted by Gasteiger charge is 2.23. The molecule has 2 fully saturated rings. The van der Waals surface area contributed by atoms with Crippen molar-refractivity contribution < 1.29 is 9.53 Å². The van der Waals surface area contributed by atoms with E-state index in [0.717, 1.165) is 71.5 Å². The Morgan fingerprint density at radius 2 is 1.87 bits per heavy atom. The first-order valence-electron chi connectivity index (χ1n) is 14.1. The van der Waals surface area contributed by atoms with E-state index in [9.17, 15) is 4.79 Å². The van der Waals surface area contributed by atoms with Gasteiger partial charge >= 0.3 is 0 Å². The molecule has 3 heterocycles. The molecule has 2 aliphatic heterocycles. The molecule has 2 N–H and O–H groups in total. The third kappa shape index (κ3) is 5.26. The van der Waals surface area contributed by atoms with Crippen LogP contribution in [0.1, 0.15) is 43.0 Å². The third-order valence-corrected chi connectivity index (χ3v) is 8.17. The molecule has 0 bridgehead atoms. The number of benzene rings is 3. The van der Waals surface area contributed by atoms with Gasteiger partial charge in [0.1, 0.15) is 12.4 Å². The van der Waals surface area contributed by atoms with Gasteiger partial charge in [-0.05, 0) is 99.0 Å². The molecule has 38 heavy (non-hydrogen) atoms. The summed E-state index contributed by atoms with van der Waals surface area (Å²) in [4.78, 5) is 17.7. The van der Waals surface area contributed by atoms with Crippen LogP contribution in [0.15, 0.2) is 54.6 Å². The van der Waals surface area contributed by atoms with E-state index in [1.54, 1.807) is 0 Å². The average molecular weight is 512 g/mol. The van der Waals surface area contributed by atoms with Gasteiger partial charge in [-0.2, -0.15) is 5.10 Å². The minimum Gasteiger partial charge on any atom is -0.492 e. The van der Waals surface area contributed by atoms with Crippen LogP contribution < -0.4 is 10.1 Å². The fraction of sp³-hybridized carbons (Fsp3) is 0.419. The Morgan fingerprint density at radius 1 is 1.03 bits per heavy atom. The van der Waals surface area contributed by atoms with E-state index in [2.05, 4.69) is 68.6 Å². The van der Waals surface area contributed by atoms with E-state index >= 15 is 0 Å². The number of nitrogens with zero attached hydrogens (tertiary/aromatic N) is 3.